The van der Waals surface area contributed by atoms with Crippen LogP contribution in [0.5, 0.6) is 0 Å². The molecule has 0 aliphatic rings. The van der Waals surface area contributed by atoms with Crippen LogP contribution in [0.1, 0.15) is 10.4 Å². The molecule has 1 amide bonds. The number of benzene rings is 4. The van der Waals surface area contributed by atoms with Crippen LogP contribution in [0.3, 0.4) is 0 Å². The summed E-state index contributed by atoms with van der Waals surface area (Å²) in [5.74, 6) is -2.71. The van der Waals surface area contributed by atoms with Crippen molar-refractivity contribution in [1.29, 1.82) is 0 Å². The van der Waals surface area contributed by atoms with E-state index in [0.717, 1.165) is 12.1 Å². The van der Waals surface area contributed by atoms with Crippen LogP contribution < -0.4 is 16.2 Å². The Labute approximate surface area is 205 Å². The first-order chi connectivity index (χ1) is 16.5. The number of halogens is 3. The molecule has 10 heteroatoms. The van der Waals surface area contributed by atoms with Gasteiger partial charge in [0.15, 0.2) is 11.6 Å². The molecule has 0 fully saturated rings. The molecule has 4 aromatic rings. The number of anilines is 2. The maximum Gasteiger partial charge on any atom is 0.255 e. The van der Waals surface area contributed by atoms with Gasteiger partial charge in [-0.25, -0.2) is 22.3 Å². The zero-order chi connectivity index (χ0) is 25.3. The van der Waals surface area contributed by atoms with Gasteiger partial charge in [0, 0.05) is 33.6 Å². The van der Waals surface area contributed by atoms with Crippen molar-refractivity contribution in [3.05, 3.63) is 101 Å². The molecule has 0 radical (unpaired) electrons. The van der Waals surface area contributed by atoms with Crippen molar-refractivity contribution in [3.63, 3.8) is 0 Å². The minimum Gasteiger partial charge on any atom is -0.398 e. The lowest BCUT2D eigenvalue weighted by Crippen LogP contribution is -2.13. The lowest BCUT2D eigenvalue weighted by atomic mass is 9.95. The molecule has 0 aromatic heterocycles. The van der Waals surface area contributed by atoms with Gasteiger partial charge in [0.1, 0.15) is 0 Å². The number of carbonyl (C=O) groups is 1. The maximum absolute atomic E-state index is 13.6. The number of nitrogens with two attached hydrogens (primary N) is 2. The van der Waals surface area contributed by atoms with Gasteiger partial charge in [0.05, 0.1) is 4.90 Å². The molecule has 0 saturated heterocycles. The van der Waals surface area contributed by atoms with Crippen molar-refractivity contribution in [2.45, 2.75) is 4.90 Å². The van der Waals surface area contributed by atoms with E-state index >= 15 is 0 Å². The molecule has 0 bridgehead atoms. The number of amides is 1. The van der Waals surface area contributed by atoms with E-state index in [4.69, 9.17) is 22.5 Å². The Bertz CT molecular complexity index is 1560. The topological polar surface area (TPSA) is 115 Å². The largest absolute Gasteiger partial charge is 0.398 e. The molecule has 0 unspecified atom stereocenters. The fourth-order valence-corrected chi connectivity index (χ4v) is 4.19. The summed E-state index contributed by atoms with van der Waals surface area (Å²) in [4.78, 5) is 13.0. The number of primary sulfonamides is 1. The fraction of sp³-hybridized carbons (Fsp3) is 0. The van der Waals surface area contributed by atoms with E-state index in [1.807, 2.05) is 0 Å². The quantitative estimate of drug-likeness (QED) is 0.308. The first-order valence-corrected chi connectivity index (χ1v) is 12.0. The normalized spacial score (nSPS) is 11.3. The Hall–Kier alpha value is -3.79. The van der Waals surface area contributed by atoms with Gasteiger partial charge in [-0.15, -0.1) is 0 Å². The highest BCUT2D eigenvalue weighted by atomic mass is 35.5. The number of sulfonamides is 1. The Morgan fingerprint density at radius 2 is 1.49 bits per heavy atom. The summed E-state index contributed by atoms with van der Waals surface area (Å²) in [6.07, 6.45) is 0. The van der Waals surface area contributed by atoms with Crippen LogP contribution in [0.25, 0.3) is 22.3 Å². The molecule has 178 valence electrons. The summed E-state index contributed by atoms with van der Waals surface area (Å²) in [5, 5.41) is 8.16. The van der Waals surface area contributed by atoms with E-state index in [1.165, 1.54) is 18.2 Å². The number of nitrogen functional groups attached to an aromatic ring is 1. The number of hydrogen-bond donors (Lipinski definition) is 3. The van der Waals surface area contributed by atoms with Crippen LogP contribution in [0.4, 0.5) is 20.2 Å². The molecular formula is C25H18ClF2N3O3S. The molecule has 5 N–H and O–H groups in total. The van der Waals surface area contributed by atoms with Gasteiger partial charge in [-0.3, -0.25) is 4.79 Å². The van der Waals surface area contributed by atoms with Crippen molar-refractivity contribution in [3.8, 4) is 22.3 Å². The summed E-state index contributed by atoms with van der Waals surface area (Å²) >= 11 is 6.02. The van der Waals surface area contributed by atoms with Gasteiger partial charge in [0.2, 0.25) is 10.0 Å². The van der Waals surface area contributed by atoms with Gasteiger partial charge >= 0.3 is 0 Å². The molecule has 4 rings (SSSR count). The second-order valence-corrected chi connectivity index (χ2v) is 9.68. The number of nitrogens with one attached hydrogen (secondary N) is 1. The molecule has 4 aromatic carbocycles. The predicted octanol–water partition coefficient (Wildman–Crippen LogP) is 5.43. The Morgan fingerprint density at radius 1 is 0.800 bits per heavy atom. The van der Waals surface area contributed by atoms with Gasteiger partial charge in [-0.05, 0) is 71.3 Å². The maximum atomic E-state index is 13.6. The zero-order valence-corrected chi connectivity index (χ0v) is 19.5. The third-order valence-electron chi connectivity index (χ3n) is 5.21. The summed E-state index contributed by atoms with van der Waals surface area (Å²) in [7, 11) is -3.88. The van der Waals surface area contributed by atoms with Gasteiger partial charge < -0.3 is 11.1 Å². The van der Waals surface area contributed by atoms with Crippen LogP contribution in [0.15, 0.2) is 83.8 Å². The smallest absolute Gasteiger partial charge is 0.255 e. The Kier molecular flexibility index (Phi) is 6.58. The van der Waals surface area contributed by atoms with E-state index in [0.29, 0.717) is 33.0 Å². The highest BCUT2D eigenvalue weighted by Crippen LogP contribution is 2.33. The molecule has 6 nitrogen and oxygen atoms in total. The molecule has 0 saturated carbocycles. The number of rotatable bonds is 5. The molecule has 0 heterocycles. The summed E-state index contributed by atoms with van der Waals surface area (Å²) in [6.45, 7) is 0. The van der Waals surface area contributed by atoms with E-state index < -0.39 is 27.6 Å². The number of carbonyl (C=O) groups excluding carboxylic acids is 1. The Balaban J connectivity index is 1.80. The van der Waals surface area contributed by atoms with Gasteiger partial charge in [-0.1, -0.05) is 29.8 Å². The zero-order valence-electron chi connectivity index (χ0n) is 17.9. The average molecular weight is 514 g/mol. The lowest BCUT2D eigenvalue weighted by Gasteiger charge is -2.13. The van der Waals surface area contributed by atoms with E-state index in [1.54, 1.807) is 48.5 Å². The van der Waals surface area contributed by atoms with Crippen LogP contribution in [0, 0.1) is 11.6 Å². The number of hydrogen-bond acceptors (Lipinski definition) is 4. The van der Waals surface area contributed by atoms with Gasteiger partial charge in [0.25, 0.3) is 5.91 Å². The first kappa shape index (κ1) is 24.3. The minimum atomic E-state index is -3.88. The van der Waals surface area contributed by atoms with Crippen molar-refractivity contribution >= 4 is 38.9 Å². The second kappa shape index (κ2) is 9.46. The van der Waals surface area contributed by atoms with Crippen LogP contribution in [0.2, 0.25) is 5.02 Å². The van der Waals surface area contributed by atoms with Crippen molar-refractivity contribution in [1.82, 2.24) is 0 Å². The summed E-state index contributed by atoms with van der Waals surface area (Å²) < 4.78 is 50.0. The highest BCUT2D eigenvalue weighted by molar-refractivity contribution is 7.89. The Morgan fingerprint density at radius 3 is 2.11 bits per heavy atom. The SMILES string of the molecule is Nc1cc(Cl)ccc1-c1cc(C(=O)Nc2ccc(F)c(F)c2)cc(-c2ccc(S(N)(=O)=O)cc2)c1. The third-order valence-corrected chi connectivity index (χ3v) is 6.38. The van der Waals surface area contributed by atoms with Crippen LogP contribution >= 0.6 is 11.6 Å². The summed E-state index contributed by atoms with van der Waals surface area (Å²) in [6, 6.07) is 18.7. The van der Waals surface area contributed by atoms with E-state index in [9.17, 15) is 22.0 Å². The molecular weight excluding hydrogens is 496 g/mol. The van der Waals surface area contributed by atoms with E-state index in [-0.39, 0.29) is 16.1 Å². The van der Waals surface area contributed by atoms with Gasteiger partial charge in [-0.2, -0.15) is 0 Å². The van der Waals surface area contributed by atoms with Crippen molar-refractivity contribution in [2.24, 2.45) is 5.14 Å². The lowest BCUT2D eigenvalue weighted by molar-refractivity contribution is 0.102. The monoisotopic (exact) mass is 513 g/mol. The minimum absolute atomic E-state index is 0.0596. The molecule has 0 spiro atoms. The molecule has 0 aliphatic heterocycles. The highest BCUT2D eigenvalue weighted by Gasteiger charge is 2.15. The van der Waals surface area contributed by atoms with Crippen molar-refractivity contribution < 1.29 is 22.0 Å². The summed E-state index contributed by atoms with van der Waals surface area (Å²) in [5.41, 5.74) is 9.18. The third kappa shape index (κ3) is 5.48. The molecule has 0 atom stereocenters. The van der Waals surface area contributed by atoms with Crippen LogP contribution in [-0.2, 0) is 10.0 Å². The second-order valence-electron chi connectivity index (χ2n) is 7.68. The molecule has 0 aliphatic carbocycles. The average Bonchev–Trinajstić information content (AvgIpc) is 2.80. The predicted molar refractivity (Wildman–Crippen MR) is 132 cm³/mol. The van der Waals surface area contributed by atoms with E-state index in [2.05, 4.69) is 5.32 Å². The first-order valence-electron chi connectivity index (χ1n) is 10.1. The standard InChI is InChI=1S/C25H18ClF2N3O3S/c26-18-3-7-21(24(29)12-18)16-9-15(14-1-5-20(6-2-14)35(30,33)34)10-17(11-16)25(32)31-19-4-8-22(27)23(28)13-19/h1-13H,29H2,(H,31,32)(H2,30,33,34). The van der Waals surface area contributed by atoms with Crippen LogP contribution in [-0.4, -0.2) is 14.3 Å². The molecule has 35 heavy (non-hydrogen) atoms. The fourth-order valence-electron chi connectivity index (χ4n) is 3.49. The van der Waals surface area contributed by atoms with Crippen molar-refractivity contribution in [2.75, 3.05) is 11.1 Å².